The molecule has 2 N–H and O–H groups in total. The Morgan fingerprint density at radius 3 is 2.54 bits per heavy atom. The SMILES string of the molecule is CCCCc1ncc(CN2CCN(CC(=O)NC(C)(C)C)CC2)[nH]1. The van der Waals surface area contributed by atoms with E-state index in [4.69, 9.17) is 0 Å². The molecule has 1 aromatic rings. The molecule has 1 aliphatic heterocycles. The van der Waals surface area contributed by atoms with Gasteiger partial charge < -0.3 is 10.3 Å². The van der Waals surface area contributed by atoms with Gasteiger partial charge in [-0.1, -0.05) is 13.3 Å². The van der Waals surface area contributed by atoms with Crippen LogP contribution in [0.3, 0.4) is 0 Å². The Kier molecular flexibility index (Phi) is 6.80. The van der Waals surface area contributed by atoms with Crippen molar-refractivity contribution in [2.24, 2.45) is 0 Å². The van der Waals surface area contributed by atoms with Crippen molar-refractivity contribution >= 4 is 5.91 Å². The fourth-order valence-corrected chi connectivity index (χ4v) is 2.96. The van der Waals surface area contributed by atoms with Crippen LogP contribution in [0.15, 0.2) is 6.20 Å². The molecule has 2 heterocycles. The lowest BCUT2D eigenvalue weighted by Crippen LogP contribution is -2.51. The summed E-state index contributed by atoms with van der Waals surface area (Å²) in [6.07, 6.45) is 5.38. The molecule has 0 unspecified atom stereocenters. The van der Waals surface area contributed by atoms with Crippen LogP contribution in [0.1, 0.15) is 52.1 Å². The molecule has 0 saturated carbocycles. The van der Waals surface area contributed by atoms with Crippen LogP contribution in [0.4, 0.5) is 0 Å². The van der Waals surface area contributed by atoms with Crippen LogP contribution in [-0.4, -0.2) is 63.9 Å². The molecule has 1 aromatic heterocycles. The largest absolute Gasteiger partial charge is 0.350 e. The number of carbonyl (C=O) groups is 1. The van der Waals surface area contributed by atoms with Gasteiger partial charge in [-0.3, -0.25) is 14.6 Å². The molecule has 24 heavy (non-hydrogen) atoms. The minimum atomic E-state index is -0.158. The quantitative estimate of drug-likeness (QED) is 0.797. The number of carbonyl (C=O) groups excluding carboxylic acids is 1. The normalized spacial score (nSPS) is 17.2. The highest BCUT2D eigenvalue weighted by molar-refractivity contribution is 5.78. The Morgan fingerprint density at radius 1 is 1.25 bits per heavy atom. The number of nitrogens with one attached hydrogen (secondary N) is 2. The number of imidazole rings is 1. The molecule has 1 aliphatic rings. The molecule has 2 rings (SSSR count). The number of H-pyrrole nitrogens is 1. The van der Waals surface area contributed by atoms with Gasteiger partial charge >= 0.3 is 0 Å². The van der Waals surface area contributed by atoms with Crippen molar-refractivity contribution in [1.82, 2.24) is 25.1 Å². The first-order valence-corrected chi connectivity index (χ1v) is 9.14. The summed E-state index contributed by atoms with van der Waals surface area (Å²) in [7, 11) is 0. The number of nitrogens with zero attached hydrogens (tertiary/aromatic N) is 3. The maximum absolute atomic E-state index is 12.0. The predicted molar refractivity (Wildman–Crippen MR) is 96.8 cm³/mol. The number of hydrogen-bond acceptors (Lipinski definition) is 4. The lowest BCUT2D eigenvalue weighted by Gasteiger charge is -2.34. The highest BCUT2D eigenvalue weighted by Gasteiger charge is 2.21. The van der Waals surface area contributed by atoms with Crippen molar-refractivity contribution in [2.75, 3.05) is 32.7 Å². The first-order valence-electron chi connectivity index (χ1n) is 9.14. The lowest BCUT2D eigenvalue weighted by atomic mass is 10.1. The number of aromatic nitrogens is 2. The number of aromatic amines is 1. The van der Waals surface area contributed by atoms with E-state index in [1.54, 1.807) is 0 Å². The molecule has 0 bridgehead atoms. The minimum absolute atomic E-state index is 0.116. The topological polar surface area (TPSA) is 64.3 Å². The Hall–Kier alpha value is -1.40. The van der Waals surface area contributed by atoms with Crippen molar-refractivity contribution in [3.05, 3.63) is 17.7 Å². The summed E-state index contributed by atoms with van der Waals surface area (Å²) in [5.74, 6) is 1.22. The van der Waals surface area contributed by atoms with E-state index in [-0.39, 0.29) is 11.4 Å². The zero-order valence-electron chi connectivity index (χ0n) is 15.7. The van der Waals surface area contributed by atoms with E-state index in [2.05, 4.69) is 32.0 Å². The van der Waals surface area contributed by atoms with Gasteiger partial charge in [0.15, 0.2) is 0 Å². The zero-order valence-corrected chi connectivity index (χ0v) is 15.7. The van der Waals surface area contributed by atoms with E-state index in [0.29, 0.717) is 6.54 Å². The Bertz CT molecular complexity index is 512. The molecule has 1 amide bonds. The Labute approximate surface area is 146 Å². The molecule has 0 aliphatic carbocycles. The average molecular weight is 335 g/mol. The molecule has 0 atom stereocenters. The molecule has 0 radical (unpaired) electrons. The molecule has 0 aromatic carbocycles. The minimum Gasteiger partial charge on any atom is -0.350 e. The molecule has 0 spiro atoms. The second-order valence-corrected chi connectivity index (χ2v) is 7.81. The van der Waals surface area contributed by atoms with Crippen LogP contribution in [0.5, 0.6) is 0 Å². The summed E-state index contributed by atoms with van der Waals surface area (Å²) < 4.78 is 0. The maximum atomic E-state index is 12.0. The van der Waals surface area contributed by atoms with Crippen LogP contribution < -0.4 is 5.32 Å². The third kappa shape index (κ3) is 6.61. The third-order valence-corrected chi connectivity index (χ3v) is 4.19. The highest BCUT2D eigenvalue weighted by Crippen LogP contribution is 2.09. The smallest absolute Gasteiger partial charge is 0.234 e. The molecule has 6 nitrogen and oxygen atoms in total. The number of amides is 1. The Balaban J connectivity index is 1.71. The predicted octanol–water partition coefficient (Wildman–Crippen LogP) is 1.78. The summed E-state index contributed by atoms with van der Waals surface area (Å²) in [4.78, 5) is 24.6. The number of aryl methyl sites for hydroxylation is 1. The second kappa shape index (κ2) is 8.62. The van der Waals surface area contributed by atoms with Gasteiger partial charge in [-0.2, -0.15) is 0 Å². The second-order valence-electron chi connectivity index (χ2n) is 7.81. The molecule has 1 fully saturated rings. The lowest BCUT2D eigenvalue weighted by molar-refractivity contribution is -0.124. The van der Waals surface area contributed by atoms with Gasteiger partial charge in [0, 0.05) is 56.6 Å². The average Bonchev–Trinajstić information content (AvgIpc) is 2.92. The number of unbranched alkanes of at least 4 members (excludes halogenated alkanes) is 1. The summed E-state index contributed by atoms with van der Waals surface area (Å²) in [6, 6.07) is 0. The summed E-state index contributed by atoms with van der Waals surface area (Å²) >= 11 is 0. The van der Waals surface area contributed by atoms with Crippen LogP contribution in [0, 0.1) is 0 Å². The van der Waals surface area contributed by atoms with Gasteiger partial charge in [0.05, 0.1) is 6.54 Å². The Morgan fingerprint density at radius 2 is 1.92 bits per heavy atom. The highest BCUT2D eigenvalue weighted by atomic mass is 16.2. The first kappa shape index (κ1) is 18.9. The van der Waals surface area contributed by atoms with Crippen LogP contribution >= 0.6 is 0 Å². The van der Waals surface area contributed by atoms with Gasteiger partial charge in [0.2, 0.25) is 5.91 Å². The van der Waals surface area contributed by atoms with Gasteiger partial charge in [-0.15, -0.1) is 0 Å². The van der Waals surface area contributed by atoms with Crippen LogP contribution in [0.2, 0.25) is 0 Å². The molecule has 6 heteroatoms. The fourth-order valence-electron chi connectivity index (χ4n) is 2.96. The summed E-state index contributed by atoms with van der Waals surface area (Å²) in [5, 5.41) is 3.03. The summed E-state index contributed by atoms with van der Waals surface area (Å²) in [6.45, 7) is 13.5. The monoisotopic (exact) mass is 335 g/mol. The van der Waals surface area contributed by atoms with Gasteiger partial charge in [-0.25, -0.2) is 4.98 Å². The zero-order chi connectivity index (χ0) is 17.6. The van der Waals surface area contributed by atoms with Crippen LogP contribution in [-0.2, 0) is 17.8 Å². The maximum Gasteiger partial charge on any atom is 0.234 e. The van der Waals surface area contributed by atoms with Gasteiger partial charge in [-0.05, 0) is 27.2 Å². The van der Waals surface area contributed by atoms with E-state index in [9.17, 15) is 4.79 Å². The number of piperazine rings is 1. The van der Waals surface area contributed by atoms with E-state index in [1.165, 1.54) is 18.5 Å². The van der Waals surface area contributed by atoms with Crippen molar-refractivity contribution in [3.63, 3.8) is 0 Å². The number of hydrogen-bond donors (Lipinski definition) is 2. The van der Waals surface area contributed by atoms with E-state index < -0.39 is 0 Å². The third-order valence-electron chi connectivity index (χ3n) is 4.19. The van der Waals surface area contributed by atoms with Crippen LogP contribution in [0.25, 0.3) is 0 Å². The molecule has 136 valence electrons. The first-order chi connectivity index (χ1) is 11.4. The van der Waals surface area contributed by atoms with Gasteiger partial charge in [0.25, 0.3) is 0 Å². The fraction of sp³-hybridized carbons (Fsp3) is 0.778. The molecule has 1 saturated heterocycles. The van der Waals surface area contributed by atoms with Crippen molar-refractivity contribution < 1.29 is 4.79 Å². The number of rotatable bonds is 7. The molecular formula is C18H33N5O. The van der Waals surface area contributed by atoms with E-state index in [1.807, 2.05) is 27.0 Å². The molecular weight excluding hydrogens is 302 g/mol. The van der Waals surface area contributed by atoms with Crippen molar-refractivity contribution in [1.29, 1.82) is 0 Å². The van der Waals surface area contributed by atoms with Gasteiger partial charge in [0.1, 0.15) is 5.82 Å². The summed E-state index contributed by atoms with van der Waals surface area (Å²) in [5.41, 5.74) is 1.04. The van der Waals surface area contributed by atoms with Crippen molar-refractivity contribution in [2.45, 2.75) is 59.0 Å². The van der Waals surface area contributed by atoms with E-state index in [0.717, 1.165) is 45.0 Å². The van der Waals surface area contributed by atoms with Crippen molar-refractivity contribution in [3.8, 4) is 0 Å². The standard InChI is InChI=1S/C18H33N5O/c1-5-6-7-16-19-12-15(20-16)13-22-8-10-23(11-9-22)14-17(24)21-18(2,3)4/h12H,5-11,13-14H2,1-4H3,(H,19,20)(H,21,24). The van der Waals surface area contributed by atoms with E-state index >= 15 is 0 Å².